The molecule has 0 aliphatic carbocycles. The molecule has 0 spiro atoms. The molecule has 1 aromatic carbocycles. The summed E-state index contributed by atoms with van der Waals surface area (Å²) in [7, 11) is -0.758. The molecule has 16 heavy (non-hydrogen) atoms. The van der Waals surface area contributed by atoms with Crippen LogP contribution in [0.1, 0.15) is 12.5 Å². The summed E-state index contributed by atoms with van der Waals surface area (Å²) >= 11 is 9.34. The van der Waals surface area contributed by atoms with E-state index >= 15 is 0 Å². The molecule has 2 nitrogen and oxygen atoms in total. The summed E-state index contributed by atoms with van der Waals surface area (Å²) < 4.78 is 11.9. The monoisotopic (exact) mass is 323 g/mol. The average Bonchev–Trinajstić information content (AvgIpc) is 2.19. The normalized spacial score (nSPS) is 14.8. The fourth-order valence-corrected chi connectivity index (χ4v) is 2.62. The molecule has 1 N–H and O–H groups in total. The van der Waals surface area contributed by atoms with Crippen molar-refractivity contribution < 1.29 is 4.21 Å². The quantitative estimate of drug-likeness (QED) is 0.902. The summed E-state index contributed by atoms with van der Waals surface area (Å²) in [6, 6.07) is 6.11. The van der Waals surface area contributed by atoms with Crippen molar-refractivity contribution in [2.24, 2.45) is 0 Å². The highest BCUT2D eigenvalue weighted by molar-refractivity contribution is 9.10. The minimum absolute atomic E-state index is 0.244. The van der Waals surface area contributed by atoms with Crippen LogP contribution in [0.15, 0.2) is 22.7 Å². The Morgan fingerprint density at radius 2 is 2.25 bits per heavy atom. The Labute approximate surface area is 112 Å². The van der Waals surface area contributed by atoms with Crippen LogP contribution in [-0.2, 0) is 17.3 Å². The van der Waals surface area contributed by atoms with Gasteiger partial charge in [0.1, 0.15) is 0 Å². The summed E-state index contributed by atoms with van der Waals surface area (Å²) in [5.74, 6) is 0.671. The fraction of sp³-hybridized carbons (Fsp3) is 0.455. The molecule has 2 unspecified atom stereocenters. The molecule has 1 aromatic rings. The van der Waals surface area contributed by atoms with Crippen LogP contribution in [-0.4, -0.2) is 22.3 Å². The molecule has 0 amide bonds. The maximum atomic E-state index is 11.0. The number of nitrogens with one attached hydrogen (secondary N) is 1. The molecule has 0 bridgehead atoms. The van der Waals surface area contributed by atoms with E-state index in [0.29, 0.717) is 10.8 Å². The van der Waals surface area contributed by atoms with Gasteiger partial charge >= 0.3 is 0 Å². The lowest BCUT2D eigenvalue weighted by molar-refractivity contribution is 0.587. The standard InChI is InChI=1S/C11H15BrClNOS/c1-8(7-16(2)15)14-6-9-3-4-10(12)11(13)5-9/h3-5,8,14H,6-7H2,1-2H3. The Morgan fingerprint density at radius 1 is 1.56 bits per heavy atom. The van der Waals surface area contributed by atoms with Gasteiger partial charge in [0.15, 0.2) is 0 Å². The lowest BCUT2D eigenvalue weighted by atomic mass is 10.2. The number of hydrogen-bond acceptors (Lipinski definition) is 2. The molecule has 0 aliphatic heterocycles. The van der Waals surface area contributed by atoms with Crippen molar-refractivity contribution in [2.45, 2.75) is 19.5 Å². The molecule has 2 atom stereocenters. The smallest absolute Gasteiger partial charge is 0.0551 e. The molecule has 5 heteroatoms. The molecular formula is C11H15BrClNOS. The first-order chi connectivity index (χ1) is 7.49. The number of hydrogen-bond donors (Lipinski definition) is 1. The molecule has 0 aromatic heterocycles. The van der Waals surface area contributed by atoms with Crippen LogP contribution in [0, 0.1) is 0 Å². The Balaban J connectivity index is 2.48. The van der Waals surface area contributed by atoms with Gasteiger partial charge < -0.3 is 5.32 Å². The molecular weight excluding hydrogens is 310 g/mol. The van der Waals surface area contributed by atoms with Gasteiger partial charge in [0.05, 0.1) is 5.02 Å². The SMILES string of the molecule is CC(CS(C)=O)NCc1ccc(Br)c(Cl)c1. The van der Waals surface area contributed by atoms with Gasteiger partial charge in [-0.25, -0.2) is 0 Å². The van der Waals surface area contributed by atoms with Gasteiger partial charge in [0.2, 0.25) is 0 Å². The third-order valence-corrected chi connectivity index (χ3v) is 4.33. The van der Waals surface area contributed by atoms with Crippen LogP contribution in [0.3, 0.4) is 0 Å². The van der Waals surface area contributed by atoms with Crippen LogP contribution in [0.5, 0.6) is 0 Å². The van der Waals surface area contributed by atoms with Gasteiger partial charge in [0.25, 0.3) is 0 Å². The molecule has 0 heterocycles. The van der Waals surface area contributed by atoms with Crippen molar-refractivity contribution in [3.8, 4) is 0 Å². The van der Waals surface area contributed by atoms with Gasteiger partial charge in [-0.1, -0.05) is 17.7 Å². The van der Waals surface area contributed by atoms with Gasteiger partial charge in [-0.3, -0.25) is 4.21 Å². The van der Waals surface area contributed by atoms with E-state index in [9.17, 15) is 4.21 Å². The number of halogens is 2. The van der Waals surface area contributed by atoms with E-state index in [-0.39, 0.29) is 6.04 Å². The first-order valence-corrected chi connectivity index (χ1v) is 7.86. The minimum Gasteiger partial charge on any atom is -0.309 e. The molecule has 0 saturated carbocycles. The molecule has 0 radical (unpaired) electrons. The lowest BCUT2D eigenvalue weighted by Crippen LogP contribution is -2.30. The van der Waals surface area contributed by atoms with E-state index in [2.05, 4.69) is 21.2 Å². The van der Waals surface area contributed by atoms with Crippen LogP contribution < -0.4 is 5.32 Å². The van der Waals surface area contributed by atoms with Crippen LogP contribution in [0.4, 0.5) is 0 Å². The Morgan fingerprint density at radius 3 is 2.81 bits per heavy atom. The lowest BCUT2D eigenvalue weighted by Gasteiger charge is -2.12. The van der Waals surface area contributed by atoms with Crippen molar-refractivity contribution in [3.63, 3.8) is 0 Å². The molecule has 0 aliphatic rings. The zero-order chi connectivity index (χ0) is 12.1. The average molecular weight is 325 g/mol. The predicted molar refractivity (Wildman–Crippen MR) is 74.4 cm³/mol. The first kappa shape index (κ1) is 14.2. The number of benzene rings is 1. The zero-order valence-corrected chi connectivity index (χ0v) is 12.5. The summed E-state index contributed by atoms with van der Waals surface area (Å²) in [5.41, 5.74) is 1.13. The van der Waals surface area contributed by atoms with Gasteiger partial charge in [-0.2, -0.15) is 0 Å². The van der Waals surface area contributed by atoms with E-state index in [4.69, 9.17) is 11.6 Å². The summed E-state index contributed by atoms with van der Waals surface area (Å²) in [6.07, 6.45) is 1.72. The summed E-state index contributed by atoms with van der Waals surface area (Å²) in [5, 5.41) is 4.02. The Kier molecular flexibility index (Phi) is 5.97. The third kappa shape index (κ3) is 4.95. The van der Waals surface area contributed by atoms with Crippen LogP contribution in [0.2, 0.25) is 5.02 Å². The van der Waals surface area contributed by atoms with E-state index in [1.807, 2.05) is 25.1 Å². The highest BCUT2D eigenvalue weighted by Crippen LogP contribution is 2.23. The highest BCUT2D eigenvalue weighted by Gasteiger charge is 2.04. The molecule has 90 valence electrons. The van der Waals surface area contributed by atoms with Gasteiger partial charge in [0, 0.05) is 39.9 Å². The van der Waals surface area contributed by atoms with E-state index in [1.54, 1.807) is 6.26 Å². The second-order valence-corrected chi connectivity index (χ2v) is 6.51. The zero-order valence-electron chi connectivity index (χ0n) is 9.30. The predicted octanol–water partition coefficient (Wildman–Crippen LogP) is 2.96. The van der Waals surface area contributed by atoms with Gasteiger partial charge in [-0.15, -0.1) is 0 Å². The minimum atomic E-state index is -0.758. The number of rotatable bonds is 5. The second-order valence-electron chi connectivity index (χ2n) is 3.77. The van der Waals surface area contributed by atoms with Crippen LogP contribution >= 0.6 is 27.5 Å². The summed E-state index contributed by atoms with van der Waals surface area (Å²) in [4.78, 5) is 0. The molecule has 1 rings (SSSR count). The van der Waals surface area contributed by atoms with Crippen molar-refractivity contribution in [2.75, 3.05) is 12.0 Å². The molecule has 0 fully saturated rings. The molecule has 0 saturated heterocycles. The maximum Gasteiger partial charge on any atom is 0.0551 e. The Bertz CT molecular complexity index is 386. The topological polar surface area (TPSA) is 29.1 Å². The second kappa shape index (κ2) is 6.74. The van der Waals surface area contributed by atoms with E-state index in [1.165, 1.54) is 0 Å². The highest BCUT2D eigenvalue weighted by atomic mass is 79.9. The first-order valence-electron chi connectivity index (χ1n) is 4.96. The van der Waals surface area contributed by atoms with Crippen molar-refractivity contribution in [1.82, 2.24) is 5.32 Å². The van der Waals surface area contributed by atoms with Crippen LogP contribution in [0.25, 0.3) is 0 Å². The van der Waals surface area contributed by atoms with Crippen molar-refractivity contribution >= 4 is 38.3 Å². The van der Waals surface area contributed by atoms with Gasteiger partial charge in [-0.05, 0) is 40.5 Å². The fourth-order valence-electron chi connectivity index (χ4n) is 1.35. The van der Waals surface area contributed by atoms with Crippen molar-refractivity contribution in [3.05, 3.63) is 33.3 Å². The van der Waals surface area contributed by atoms with E-state index in [0.717, 1.165) is 16.6 Å². The van der Waals surface area contributed by atoms with Crippen molar-refractivity contribution in [1.29, 1.82) is 0 Å². The van der Waals surface area contributed by atoms with E-state index < -0.39 is 10.8 Å². The summed E-state index contributed by atoms with van der Waals surface area (Å²) in [6.45, 7) is 2.77. The maximum absolute atomic E-state index is 11.0. The Hall–Kier alpha value is 0.1000. The third-order valence-electron chi connectivity index (χ3n) is 2.12. The largest absolute Gasteiger partial charge is 0.309 e.